The van der Waals surface area contributed by atoms with Crippen LogP contribution in [-0.4, -0.2) is 24.7 Å². The zero-order valence-corrected chi connectivity index (χ0v) is 14.1. The molecule has 25 heavy (non-hydrogen) atoms. The topological polar surface area (TPSA) is 56.5 Å². The average molecular weight is 346 g/mol. The summed E-state index contributed by atoms with van der Waals surface area (Å²) in [6.07, 6.45) is 3.54. The van der Waals surface area contributed by atoms with E-state index in [9.17, 15) is 0 Å². The number of halogens is 1. The van der Waals surface area contributed by atoms with Crippen LogP contribution < -0.4 is 0 Å². The molecule has 0 atom stereocenters. The maximum atomic E-state index is 6.60. The van der Waals surface area contributed by atoms with E-state index in [1.807, 2.05) is 49.4 Å². The predicted octanol–water partition coefficient (Wildman–Crippen LogP) is 4.48. The maximum Gasteiger partial charge on any atom is 0.165 e. The summed E-state index contributed by atoms with van der Waals surface area (Å²) in [4.78, 5) is 13.8. The Bertz CT molecular complexity index is 1260. The normalized spacial score (nSPS) is 11.6. The second kappa shape index (κ2) is 5.22. The van der Waals surface area contributed by atoms with Crippen LogP contribution in [-0.2, 0) is 0 Å². The van der Waals surface area contributed by atoms with Crippen LogP contribution in [0.15, 0.2) is 54.9 Å². The van der Waals surface area contributed by atoms with E-state index in [4.69, 9.17) is 16.6 Å². The first kappa shape index (κ1) is 14.3. The number of para-hydroxylation sites is 1. The van der Waals surface area contributed by atoms with Crippen LogP contribution >= 0.6 is 11.6 Å². The molecule has 6 heteroatoms. The van der Waals surface area contributed by atoms with Crippen molar-refractivity contribution in [2.45, 2.75) is 6.92 Å². The van der Waals surface area contributed by atoms with Gasteiger partial charge in [-0.25, -0.2) is 19.6 Å². The standard InChI is InChI=1S/C19H12ClN5/c1-11-7-8-13-16(20)14-9-21-19-15(17(14)24-18(13)23-11)10-22-25(19)12-5-3-2-4-6-12/h2-10H,1H3. The van der Waals surface area contributed by atoms with Crippen LogP contribution in [0.2, 0.25) is 5.02 Å². The van der Waals surface area contributed by atoms with E-state index in [2.05, 4.69) is 15.1 Å². The van der Waals surface area contributed by atoms with Crippen molar-refractivity contribution in [1.82, 2.24) is 24.7 Å². The molecule has 4 heterocycles. The summed E-state index contributed by atoms with van der Waals surface area (Å²) < 4.78 is 1.80. The number of aromatic nitrogens is 5. The number of pyridine rings is 3. The number of hydrogen-bond donors (Lipinski definition) is 0. The van der Waals surface area contributed by atoms with Crippen molar-refractivity contribution in [2.24, 2.45) is 0 Å². The van der Waals surface area contributed by atoms with Gasteiger partial charge in [0.15, 0.2) is 11.3 Å². The van der Waals surface area contributed by atoms with E-state index in [1.54, 1.807) is 17.1 Å². The lowest BCUT2D eigenvalue weighted by Gasteiger charge is -2.07. The first-order chi connectivity index (χ1) is 12.2. The molecular formula is C19H12ClN5. The van der Waals surface area contributed by atoms with Crippen LogP contribution in [0, 0.1) is 6.92 Å². The highest BCUT2D eigenvalue weighted by molar-refractivity contribution is 6.40. The Morgan fingerprint density at radius 3 is 2.56 bits per heavy atom. The van der Waals surface area contributed by atoms with E-state index in [-0.39, 0.29) is 0 Å². The third-order valence-electron chi connectivity index (χ3n) is 4.28. The molecule has 0 unspecified atom stereocenters. The van der Waals surface area contributed by atoms with Crippen molar-refractivity contribution < 1.29 is 0 Å². The number of rotatable bonds is 1. The maximum absolute atomic E-state index is 6.60. The van der Waals surface area contributed by atoms with Gasteiger partial charge in [-0.3, -0.25) is 0 Å². The molecule has 0 spiro atoms. The van der Waals surface area contributed by atoms with Crippen molar-refractivity contribution in [3.8, 4) is 5.69 Å². The van der Waals surface area contributed by atoms with E-state index >= 15 is 0 Å². The summed E-state index contributed by atoms with van der Waals surface area (Å²) in [6.45, 7) is 1.94. The first-order valence-electron chi connectivity index (χ1n) is 7.87. The third-order valence-corrected chi connectivity index (χ3v) is 4.68. The van der Waals surface area contributed by atoms with E-state index in [0.717, 1.165) is 38.7 Å². The van der Waals surface area contributed by atoms with Gasteiger partial charge in [-0.15, -0.1) is 0 Å². The average Bonchev–Trinajstić information content (AvgIpc) is 3.07. The Morgan fingerprint density at radius 1 is 0.880 bits per heavy atom. The molecule has 0 aliphatic rings. The zero-order chi connectivity index (χ0) is 17.0. The van der Waals surface area contributed by atoms with Gasteiger partial charge in [-0.1, -0.05) is 29.8 Å². The number of fused-ring (bicyclic) bond motifs is 4. The molecular weight excluding hydrogens is 334 g/mol. The summed E-state index contributed by atoms with van der Waals surface area (Å²) >= 11 is 6.60. The molecule has 0 aliphatic heterocycles. The van der Waals surface area contributed by atoms with Gasteiger partial charge in [-0.05, 0) is 31.2 Å². The van der Waals surface area contributed by atoms with Crippen molar-refractivity contribution in [1.29, 1.82) is 0 Å². The summed E-state index contributed by atoms with van der Waals surface area (Å²) in [5, 5.41) is 7.60. The van der Waals surface area contributed by atoms with E-state index in [1.165, 1.54) is 0 Å². The minimum Gasteiger partial charge on any atom is -0.236 e. The number of benzene rings is 1. The molecule has 120 valence electrons. The van der Waals surface area contributed by atoms with Crippen molar-refractivity contribution in [3.63, 3.8) is 0 Å². The summed E-state index contributed by atoms with van der Waals surface area (Å²) in [5.74, 6) is 0. The number of aryl methyl sites for hydroxylation is 1. The largest absolute Gasteiger partial charge is 0.236 e. The van der Waals surface area contributed by atoms with Crippen molar-refractivity contribution in [2.75, 3.05) is 0 Å². The zero-order valence-electron chi connectivity index (χ0n) is 13.3. The molecule has 5 nitrogen and oxygen atoms in total. The minimum atomic E-state index is 0.620. The molecule has 0 amide bonds. The quantitative estimate of drug-likeness (QED) is 0.420. The van der Waals surface area contributed by atoms with Gasteiger partial charge < -0.3 is 0 Å². The molecule has 1 aromatic carbocycles. The van der Waals surface area contributed by atoms with Crippen LogP contribution in [0.1, 0.15) is 5.69 Å². The summed E-state index contributed by atoms with van der Waals surface area (Å²) in [6, 6.07) is 13.8. The van der Waals surface area contributed by atoms with Crippen molar-refractivity contribution >= 4 is 44.6 Å². The fraction of sp³-hybridized carbons (Fsp3) is 0.0526. The van der Waals surface area contributed by atoms with Gasteiger partial charge in [0.25, 0.3) is 0 Å². The van der Waals surface area contributed by atoms with E-state index in [0.29, 0.717) is 10.7 Å². The van der Waals surface area contributed by atoms with Gasteiger partial charge in [0.1, 0.15) is 0 Å². The second-order valence-corrected chi connectivity index (χ2v) is 6.28. The summed E-state index contributed by atoms with van der Waals surface area (Å²) in [5.41, 5.74) is 4.00. The van der Waals surface area contributed by atoms with Crippen LogP contribution in [0.25, 0.3) is 38.7 Å². The van der Waals surface area contributed by atoms with Crippen LogP contribution in [0.5, 0.6) is 0 Å². The number of hydrogen-bond acceptors (Lipinski definition) is 4. The monoisotopic (exact) mass is 345 g/mol. The van der Waals surface area contributed by atoms with Gasteiger partial charge in [0, 0.05) is 22.7 Å². The molecule has 0 fully saturated rings. The van der Waals surface area contributed by atoms with Gasteiger partial charge in [-0.2, -0.15) is 5.10 Å². The molecule has 0 bridgehead atoms. The lowest BCUT2D eigenvalue weighted by molar-refractivity contribution is 0.897. The van der Waals surface area contributed by atoms with Crippen molar-refractivity contribution in [3.05, 3.63) is 65.6 Å². The molecule has 0 N–H and O–H groups in total. The van der Waals surface area contributed by atoms with Gasteiger partial charge >= 0.3 is 0 Å². The molecule has 5 rings (SSSR count). The SMILES string of the molecule is Cc1ccc2c(Cl)c3cnc4c(cnn4-c4ccccc4)c3nc2n1. The number of nitrogens with zero attached hydrogens (tertiary/aromatic N) is 5. The van der Waals surface area contributed by atoms with E-state index < -0.39 is 0 Å². The predicted molar refractivity (Wildman–Crippen MR) is 99.2 cm³/mol. The van der Waals surface area contributed by atoms with Crippen LogP contribution in [0.4, 0.5) is 0 Å². The van der Waals surface area contributed by atoms with Gasteiger partial charge in [0.05, 0.1) is 27.8 Å². The molecule has 5 aromatic rings. The Kier molecular flexibility index (Phi) is 2.99. The molecule has 4 aromatic heterocycles. The lowest BCUT2D eigenvalue weighted by Crippen LogP contribution is -1.97. The minimum absolute atomic E-state index is 0.620. The molecule has 0 aliphatic carbocycles. The third kappa shape index (κ3) is 2.09. The Balaban J connectivity index is 1.89. The highest BCUT2D eigenvalue weighted by Crippen LogP contribution is 2.33. The fourth-order valence-electron chi connectivity index (χ4n) is 3.05. The highest BCUT2D eigenvalue weighted by Gasteiger charge is 2.15. The van der Waals surface area contributed by atoms with Gasteiger partial charge in [0.2, 0.25) is 0 Å². The smallest absolute Gasteiger partial charge is 0.165 e. The highest BCUT2D eigenvalue weighted by atomic mass is 35.5. The second-order valence-electron chi connectivity index (χ2n) is 5.90. The Morgan fingerprint density at radius 2 is 1.72 bits per heavy atom. The molecule has 0 saturated carbocycles. The lowest BCUT2D eigenvalue weighted by atomic mass is 10.1. The molecule has 0 radical (unpaired) electrons. The Hall–Kier alpha value is -3.05. The summed E-state index contributed by atoms with van der Waals surface area (Å²) in [7, 11) is 0. The fourth-order valence-corrected chi connectivity index (χ4v) is 3.34. The van der Waals surface area contributed by atoms with Crippen LogP contribution in [0.3, 0.4) is 0 Å². The Labute approximate surface area is 147 Å². The first-order valence-corrected chi connectivity index (χ1v) is 8.25. The molecule has 0 saturated heterocycles.